The fraction of sp³-hybridized carbons (Fsp3) is 0.400. The van der Waals surface area contributed by atoms with Crippen molar-refractivity contribution in [1.29, 1.82) is 0 Å². The van der Waals surface area contributed by atoms with Gasteiger partial charge in [0.05, 0.1) is 14.2 Å². The van der Waals surface area contributed by atoms with E-state index in [2.05, 4.69) is 12.6 Å². The Hall–Kier alpha value is -0.830. The van der Waals surface area contributed by atoms with E-state index in [0.717, 1.165) is 17.1 Å². The van der Waals surface area contributed by atoms with Gasteiger partial charge in [-0.15, -0.1) is 0 Å². The molecule has 72 valence electrons. The highest BCUT2D eigenvalue weighted by molar-refractivity contribution is 7.80. The van der Waals surface area contributed by atoms with Crippen molar-refractivity contribution < 1.29 is 9.47 Å². The number of thiol groups is 1. The number of benzene rings is 1. The lowest BCUT2D eigenvalue weighted by Gasteiger charge is -2.10. The molecule has 0 unspecified atom stereocenters. The molecule has 1 aromatic rings. The molecule has 3 heteroatoms. The topological polar surface area (TPSA) is 18.5 Å². The molecule has 0 amide bonds. The summed E-state index contributed by atoms with van der Waals surface area (Å²) in [7, 11) is 3.26. The zero-order chi connectivity index (χ0) is 9.84. The smallest absolute Gasteiger partial charge is 0.161 e. The van der Waals surface area contributed by atoms with Crippen molar-refractivity contribution in [3.05, 3.63) is 23.8 Å². The third-order valence-corrected chi connectivity index (χ3v) is 2.19. The molecule has 0 bridgehead atoms. The molecule has 0 aliphatic carbocycles. The number of hydrogen-bond acceptors (Lipinski definition) is 3. The van der Waals surface area contributed by atoms with Crippen LogP contribution in [0.4, 0.5) is 0 Å². The molecule has 0 aromatic heterocycles. The van der Waals surface area contributed by atoms with Gasteiger partial charge in [0.25, 0.3) is 0 Å². The van der Waals surface area contributed by atoms with Crippen LogP contribution in [0.1, 0.15) is 17.7 Å². The van der Waals surface area contributed by atoms with E-state index in [-0.39, 0.29) is 5.25 Å². The van der Waals surface area contributed by atoms with Gasteiger partial charge in [0, 0.05) is 5.25 Å². The highest BCUT2D eigenvalue weighted by atomic mass is 32.1. The van der Waals surface area contributed by atoms with Crippen LogP contribution >= 0.6 is 12.6 Å². The first-order chi connectivity index (χ1) is 6.19. The minimum absolute atomic E-state index is 0.208. The summed E-state index contributed by atoms with van der Waals surface area (Å²) >= 11 is 4.34. The molecular formula is C10H14O2S. The molecule has 0 heterocycles. The van der Waals surface area contributed by atoms with Crippen LogP contribution in [-0.4, -0.2) is 14.2 Å². The Morgan fingerprint density at radius 1 is 1.15 bits per heavy atom. The molecule has 1 atom stereocenters. The summed E-state index contributed by atoms with van der Waals surface area (Å²) in [5.41, 5.74) is 1.13. The van der Waals surface area contributed by atoms with Gasteiger partial charge in [-0.3, -0.25) is 0 Å². The molecule has 13 heavy (non-hydrogen) atoms. The average Bonchev–Trinajstić information content (AvgIpc) is 2.16. The van der Waals surface area contributed by atoms with Crippen LogP contribution in [-0.2, 0) is 0 Å². The van der Waals surface area contributed by atoms with Crippen molar-refractivity contribution in [1.82, 2.24) is 0 Å². The van der Waals surface area contributed by atoms with Crippen LogP contribution in [0.2, 0.25) is 0 Å². The quantitative estimate of drug-likeness (QED) is 0.753. The lowest BCUT2D eigenvalue weighted by atomic mass is 10.1. The van der Waals surface area contributed by atoms with Gasteiger partial charge in [0.2, 0.25) is 0 Å². The van der Waals surface area contributed by atoms with Crippen LogP contribution in [0.25, 0.3) is 0 Å². The lowest BCUT2D eigenvalue weighted by molar-refractivity contribution is 0.354. The highest BCUT2D eigenvalue weighted by Gasteiger charge is 2.06. The Labute approximate surface area is 84.3 Å². The van der Waals surface area contributed by atoms with Gasteiger partial charge in [-0.2, -0.15) is 12.6 Å². The predicted molar refractivity (Wildman–Crippen MR) is 56.9 cm³/mol. The maximum Gasteiger partial charge on any atom is 0.161 e. The maximum absolute atomic E-state index is 5.17. The van der Waals surface area contributed by atoms with E-state index in [0.29, 0.717) is 0 Å². The Morgan fingerprint density at radius 2 is 1.77 bits per heavy atom. The first-order valence-electron chi connectivity index (χ1n) is 4.09. The molecule has 0 radical (unpaired) electrons. The number of methoxy groups -OCH3 is 2. The average molecular weight is 198 g/mol. The zero-order valence-electron chi connectivity index (χ0n) is 8.07. The van der Waals surface area contributed by atoms with Crippen molar-refractivity contribution in [2.75, 3.05) is 14.2 Å². The van der Waals surface area contributed by atoms with E-state index in [1.165, 1.54) is 0 Å². The molecule has 0 fully saturated rings. The number of rotatable bonds is 3. The first kappa shape index (κ1) is 10.3. The van der Waals surface area contributed by atoms with Crippen LogP contribution < -0.4 is 9.47 Å². The van der Waals surface area contributed by atoms with Gasteiger partial charge in [0.1, 0.15) is 0 Å². The van der Waals surface area contributed by atoms with E-state index < -0.39 is 0 Å². The number of ether oxygens (including phenoxy) is 2. The van der Waals surface area contributed by atoms with E-state index in [9.17, 15) is 0 Å². The van der Waals surface area contributed by atoms with Gasteiger partial charge in [0.15, 0.2) is 11.5 Å². The van der Waals surface area contributed by atoms with Crippen molar-refractivity contribution in [2.45, 2.75) is 12.2 Å². The van der Waals surface area contributed by atoms with Crippen LogP contribution in [0.5, 0.6) is 11.5 Å². The van der Waals surface area contributed by atoms with Gasteiger partial charge in [-0.05, 0) is 24.6 Å². The van der Waals surface area contributed by atoms with Crippen LogP contribution in [0.3, 0.4) is 0 Å². The second-order valence-corrected chi connectivity index (χ2v) is 3.56. The molecular weight excluding hydrogens is 184 g/mol. The van der Waals surface area contributed by atoms with Crippen molar-refractivity contribution in [3.63, 3.8) is 0 Å². The zero-order valence-corrected chi connectivity index (χ0v) is 8.97. The van der Waals surface area contributed by atoms with Crippen LogP contribution in [0.15, 0.2) is 18.2 Å². The number of hydrogen-bond donors (Lipinski definition) is 1. The molecule has 2 nitrogen and oxygen atoms in total. The molecule has 0 aliphatic rings. The summed E-state index contributed by atoms with van der Waals surface area (Å²) in [4.78, 5) is 0. The molecule has 0 aliphatic heterocycles. The Bertz CT molecular complexity index is 284. The predicted octanol–water partition coefficient (Wildman–Crippen LogP) is 2.69. The van der Waals surface area contributed by atoms with Crippen molar-refractivity contribution in [3.8, 4) is 11.5 Å². The molecule has 0 spiro atoms. The lowest BCUT2D eigenvalue weighted by Crippen LogP contribution is -1.92. The minimum atomic E-state index is 0.208. The van der Waals surface area contributed by atoms with E-state index in [4.69, 9.17) is 9.47 Å². The first-order valence-corrected chi connectivity index (χ1v) is 4.60. The Kier molecular flexibility index (Phi) is 3.48. The molecule has 1 aromatic carbocycles. The minimum Gasteiger partial charge on any atom is -0.493 e. The SMILES string of the molecule is COc1ccc([C@@H](C)S)cc1OC. The standard InChI is InChI=1S/C10H14O2S/c1-7(13)8-4-5-9(11-2)10(6-8)12-3/h4-7,13H,1-3H3/t7-/m1/s1. The summed E-state index contributed by atoms with van der Waals surface area (Å²) in [6, 6.07) is 5.82. The van der Waals surface area contributed by atoms with E-state index in [1.807, 2.05) is 25.1 Å². The summed E-state index contributed by atoms with van der Waals surface area (Å²) in [5, 5.41) is 0.208. The largest absolute Gasteiger partial charge is 0.493 e. The molecule has 0 saturated carbocycles. The maximum atomic E-state index is 5.17. The fourth-order valence-corrected chi connectivity index (χ4v) is 1.27. The monoisotopic (exact) mass is 198 g/mol. The second kappa shape index (κ2) is 4.42. The molecule has 1 rings (SSSR count). The third-order valence-electron chi connectivity index (χ3n) is 1.89. The van der Waals surface area contributed by atoms with E-state index in [1.54, 1.807) is 14.2 Å². The summed E-state index contributed by atoms with van der Waals surface area (Å²) < 4.78 is 10.3. The summed E-state index contributed by atoms with van der Waals surface area (Å²) in [5.74, 6) is 1.50. The van der Waals surface area contributed by atoms with Crippen molar-refractivity contribution in [2.24, 2.45) is 0 Å². The van der Waals surface area contributed by atoms with Gasteiger partial charge in [-0.25, -0.2) is 0 Å². The van der Waals surface area contributed by atoms with Gasteiger partial charge >= 0.3 is 0 Å². The second-order valence-electron chi connectivity index (χ2n) is 2.79. The summed E-state index contributed by atoms with van der Waals surface area (Å²) in [6.45, 7) is 2.02. The van der Waals surface area contributed by atoms with Gasteiger partial charge < -0.3 is 9.47 Å². The third kappa shape index (κ3) is 2.31. The molecule has 0 saturated heterocycles. The normalized spacial score (nSPS) is 12.3. The van der Waals surface area contributed by atoms with E-state index >= 15 is 0 Å². The fourth-order valence-electron chi connectivity index (χ4n) is 1.11. The van der Waals surface area contributed by atoms with Gasteiger partial charge in [-0.1, -0.05) is 6.07 Å². The molecule has 0 N–H and O–H groups in total. The Morgan fingerprint density at radius 3 is 2.23 bits per heavy atom. The van der Waals surface area contributed by atoms with Crippen molar-refractivity contribution >= 4 is 12.6 Å². The summed E-state index contributed by atoms with van der Waals surface area (Å²) in [6.07, 6.45) is 0. The van der Waals surface area contributed by atoms with Crippen LogP contribution in [0, 0.1) is 0 Å². The highest BCUT2D eigenvalue weighted by Crippen LogP contribution is 2.31. The Balaban J connectivity index is 3.05.